The molecule has 0 saturated heterocycles. The molecule has 0 spiro atoms. The molecule has 0 aliphatic heterocycles. The summed E-state index contributed by atoms with van der Waals surface area (Å²) in [5.74, 6) is -1.72. The first-order valence-electron chi connectivity index (χ1n) is 11.9. The lowest BCUT2D eigenvalue weighted by atomic mass is 9.87. The quantitative estimate of drug-likeness (QED) is 0.203. The maximum Gasteiger partial charge on any atom is 0.328 e. The van der Waals surface area contributed by atoms with Crippen molar-refractivity contribution in [2.45, 2.75) is 27.2 Å². The van der Waals surface area contributed by atoms with Gasteiger partial charge in [-0.05, 0) is 70.2 Å². The van der Waals surface area contributed by atoms with Crippen LogP contribution in [0.25, 0.3) is 28.1 Å². The minimum absolute atomic E-state index is 0.0872. The lowest BCUT2D eigenvalue weighted by Crippen LogP contribution is -2.17. The molecule has 0 atom stereocenters. The Bertz CT molecular complexity index is 1550. The average molecular weight is 517 g/mol. The first-order chi connectivity index (χ1) is 17.7. The lowest BCUT2D eigenvalue weighted by Gasteiger charge is -2.18. The smallest absolute Gasteiger partial charge is 0.328 e. The molecule has 1 N–H and O–H groups in total. The Labute approximate surface area is 219 Å². The Kier molecular flexibility index (Phi) is 7.69. The number of aromatic nitrogens is 2. The van der Waals surface area contributed by atoms with E-state index in [4.69, 9.17) is 16.7 Å². The van der Waals surface area contributed by atoms with Gasteiger partial charge in [0.05, 0.1) is 16.7 Å². The molecule has 0 bridgehead atoms. The number of carboxylic acid groups (broad SMARTS) is 1. The highest BCUT2D eigenvalue weighted by atomic mass is 35.5. The summed E-state index contributed by atoms with van der Waals surface area (Å²) in [5, 5.41) is 14.4. The number of hydrogen-bond acceptors (Lipinski definition) is 3. The second-order valence-corrected chi connectivity index (χ2v) is 9.35. The second-order valence-electron chi connectivity index (χ2n) is 8.95. The van der Waals surface area contributed by atoms with Gasteiger partial charge >= 0.3 is 5.97 Å². The van der Waals surface area contributed by atoms with Gasteiger partial charge in [-0.3, -0.25) is 4.79 Å². The summed E-state index contributed by atoms with van der Waals surface area (Å²) in [4.78, 5) is 23.5. The van der Waals surface area contributed by atoms with E-state index in [-0.39, 0.29) is 11.8 Å². The predicted octanol–water partition coefficient (Wildman–Crippen LogP) is 7.59. The highest BCUT2D eigenvalue weighted by molar-refractivity contribution is 6.32. The molecular formula is C30H26ClFN2O3. The Morgan fingerprint density at radius 1 is 1.05 bits per heavy atom. The first-order valence-corrected chi connectivity index (χ1v) is 12.3. The Morgan fingerprint density at radius 2 is 1.76 bits per heavy atom. The van der Waals surface area contributed by atoms with Gasteiger partial charge < -0.3 is 5.11 Å². The number of carboxylic acids is 1. The molecule has 7 heteroatoms. The van der Waals surface area contributed by atoms with Gasteiger partial charge in [-0.15, -0.1) is 0 Å². The van der Waals surface area contributed by atoms with Crippen LogP contribution in [0.15, 0.2) is 72.9 Å². The minimum atomic E-state index is -1.02. The number of fused-ring (bicyclic) bond motifs is 1. The molecule has 0 aliphatic rings. The summed E-state index contributed by atoms with van der Waals surface area (Å²) in [5.41, 5.74) is 5.77. The molecule has 1 aromatic heterocycles. The second kappa shape index (κ2) is 10.9. The van der Waals surface area contributed by atoms with Crippen molar-refractivity contribution in [3.8, 4) is 0 Å². The van der Waals surface area contributed by atoms with Crippen LogP contribution in [0, 0.1) is 11.7 Å². The van der Waals surface area contributed by atoms with Gasteiger partial charge in [0.25, 0.3) is 0 Å². The van der Waals surface area contributed by atoms with Gasteiger partial charge in [-0.1, -0.05) is 68.8 Å². The van der Waals surface area contributed by atoms with E-state index < -0.39 is 11.8 Å². The van der Waals surface area contributed by atoms with Gasteiger partial charge in [-0.25, -0.2) is 9.18 Å². The third-order valence-corrected chi connectivity index (χ3v) is 6.40. The molecule has 0 radical (unpaired) electrons. The number of rotatable bonds is 7. The van der Waals surface area contributed by atoms with Crippen molar-refractivity contribution in [3.63, 3.8) is 0 Å². The molecule has 0 fully saturated rings. The van der Waals surface area contributed by atoms with Crippen molar-refractivity contribution >= 4 is 51.6 Å². The van der Waals surface area contributed by atoms with E-state index in [2.05, 4.69) is 5.10 Å². The zero-order chi connectivity index (χ0) is 26.7. The first kappa shape index (κ1) is 26.0. The summed E-state index contributed by atoms with van der Waals surface area (Å²) < 4.78 is 15.3. The van der Waals surface area contributed by atoms with Crippen LogP contribution in [0.2, 0.25) is 5.02 Å². The number of halogens is 2. The molecule has 0 aliphatic carbocycles. The molecule has 0 saturated carbocycles. The van der Waals surface area contributed by atoms with Crippen molar-refractivity contribution in [1.29, 1.82) is 0 Å². The summed E-state index contributed by atoms with van der Waals surface area (Å²) in [6.45, 7) is 5.68. The molecule has 0 amide bonds. The van der Waals surface area contributed by atoms with Gasteiger partial charge in [-0.2, -0.15) is 9.78 Å². The number of benzene rings is 3. The third kappa shape index (κ3) is 5.54. The molecule has 37 heavy (non-hydrogen) atoms. The van der Waals surface area contributed by atoms with Crippen LogP contribution in [-0.4, -0.2) is 26.8 Å². The number of carbonyl (C=O) groups is 2. The molecule has 4 rings (SSSR count). The summed E-state index contributed by atoms with van der Waals surface area (Å²) in [7, 11) is 0. The van der Waals surface area contributed by atoms with E-state index in [1.165, 1.54) is 22.9 Å². The van der Waals surface area contributed by atoms with E-state index in [9.17, 15) is 14.0 Å². The number of allylic oxidation sites excluding steroid dienone is 1. The molecule has 4 aromatic rings. The van der Waals surface area contributed by atoms with Crippen LogP contribution in [0.3, 0.4) is 0 Å². The van der Waals surface area contributed by atoms with Crippen LogP contribution < -0.4 is 0 Å². The standard InChI is InChI=1S/C30H26ClFN2O3/c1-4-24(25-12-11-23(32)16-26(25)31)29(20-8-5-19(6-9-20)7-14-28(35)36)21-10-13-27-22(15-21)17-33-34(27)30(37)18(2)3/h5-18H,4H2,1-3H3,(H,35,36)/b14-7+,29-24+. The molecule has 188 valence electrons. The van der Waals surface area contributed by atoms with Gasteiger partial charge in [0, 0.05) is 17.4 Å². The maximum absolute atomic E-state index is 13.8. The molecule has 1 heterocycles. The van der Waals surface area contributed by atoms with Crippen molar-refractivity contribution in [2.75, 3.05) is 0 Å². The summed E-state index contributed by atoms with van der Waals surface area (Å²) >= 11 is 6.49. The maximum atomic E-state index is 13.8. The molecule has 3 aromatic carbocycles. The SMILES string of the molecule is CC/C(=C(/c1ccc(/C=C/C(=O)O)cc1)c1ccc2c(cnn2C(=O)C(C)C)c1)c1ccc(F)cc1Cl. The Balaban J connectivity index is 1.93. The average Bonchev–Trinajstić information content (AvgIpc) is 3.29. The van der Waals surface area contributed by atoms with Gasteiger partial charge in [0.1, 0.15) is 5.82 Å². The fraction of sp³-hybridized carbons (Fsp3) is 0.167. The van der Waals surface area contributed by atoms with Crippen LogP contribution in [0.4, 0.5) is 4.39 Å². The molecular weight excluding hydrogens is 491 g/mol. The van der Waals surface area contributed by atoms with Crippen molar-refractivity contribution in [3.05, 3.63) is 106 Å². The van der Waals surface area contributed by atoms with E-state index in [1.807, 2.05) is 63.2 Å². The van der Waals surface area contributed by atoms with Crippen molar-refractivity contribution < 1.29 is 19.1 Å². The Morgan fingerprint density at radius 3 is 2.38 bits per heavy atom. The number of hydrogen-bond donors (Lipinski definition) is 1. The largest absolute Gasteiger partial charge is 0.478 e. The zero-order valence-electron chi connectivity index (χ0n) is 20.7. The van der Waals surface area contributed by atoms with Crippen LogP contribution in [0.1, 0.15) is 54.2 Å². The topological polar surface area (TPSA) is 72.2 Å². The van der Waals surface area contributed by atoms with Crippen LogP contribution in [-0.2, 0) is 4.79 Å². The monoisotopic (exact) mass is 516 g/mol. The summed E-state index contributed by atoms with van der Waals surface area (Å²) in [6, 6.07) is 17.7. The van der Waals surface area contributed by atoms with Crippen molar-refractivity contribution in [1.82, 2.24) is 9.78 Å². The zero-order valence-corrected chi connectivity index (χ0v) is 21.5. The normalized spacial score (nSPS) is 12.4. The van der Waals surface area contributed by atoms with E-state index in [1.54, 1.807) is 12.3 Å². The Hall–Kier alpha value is -4.03. The van der Waals surface area contributed by atoms with Gasteiger partial charge in [0.2, 0.25) is 5.91 Å². The van der Waals surface area contributed by atoms with Crippen molar-refractivity contribution in [2.24, 2.45) is 5.92 Å². The molecule has 5 nitrogen and oxygen atoms in total. The fourth-order valence-electron chi connectivity index (χ4n) is 4.29. The van der Waals surface area contributed by atoms with E-state index in [0.717, 1.165) is 44.9 Å². The minimum Gasteiger partial charge on any atom is -0.478 e. The van der Waals surface area contributed by atoms with E-state index in [0.29, 0.717) is 17.0 Å². The van der Waals surface area contributed by atoms with Crippen LogP contribution >= 0.6 is 11.6 Å². The molecule has 0 unspecified atom stereocenters. The fourth-order valence-corrected chi connectivity index (χ4v) is 4.57. The van der Waals surface area contributed by atoms with Gasteiger partial charge in [0.15, 0.2) is 0 Å². The third-order valence-electron chi connectivity index (χ3n) is 6.09. The highest BCUT2D eigenvalue weighted by Gasteiger charge is 2.18. The number of carbonyl (C=O) groups excluding carboxylic acids is 1. The lowest BCUT2D eigenvalue weighted by molar-refractivity contribution is -0.131. The van der Waals surface area contributed by atoms with Crippen LogP contribution in [0.5, 0.6) is 0 Å². The number of aliphatic carboxylic acids is 1. The summed E-state index contributed by atoms with van der Waals surface area (Å²) in [6.07, 6.45) is 4.91. The predicted molar refractivity (Wildman–Crippen MR) is 146 cm³/mol. The van der Waals surface area contributed by atoms with E-state index >= 15 is 0 Å². The number of nitrogens with zero attached hydrogens (tertiary/aromatic N) is 2. The highest BCUT2D eigenvalue weighted by Crippen LogP contribution is 2.38.